The minimum atomic E-state index is -0.704. The lowest BCUT2D eigenvalue weighted by Gasteiger charge is -2.32. The van der Waals surface area contributed by atoms with Crippen molar-refractivity contribution in [3.63, 3.8) is 0 Å². The monoisotopic (exact) mass is 361 g/mol. The predicted octanol–water partition coefficient (Wildman–Crippen LogP) is 2.66. The van der Waals surface area contributed by atoms with Crippen LogP contribution < -0.4 is 5.32 Å². The highest BCUT2D eigenvalue weighted by atomic mass is 16.8. The van der Waals surface area contributed by atoms with E-state index in [9.17, 15) is 9.59 Å². The fourth-order valence-corrected chi connectivity index (χ4v) is 3.11. The average Bonchev–Trinajstić information content (AvgIpc) is 3.05. The van der Waals surface area contributed by atoms with E-state index in [0.29, 0.717) is 25.7 Å². The van der Waals surface area contributed by atoms with Crippen LogP contribution in [-0.2, 0) is 30.3 Å². The number of esters is 1. The van der Waals surface area contributed by atoms with Crippen molar-refractivity contribution in [3.05, 3.63) is 47.5 Å². The third-order valence-corrected chi connectivity index (χ3v) is 4.52. The van der Waals surface area contributed by atoms with E-state index < -0.39 is 18.1 Å². The van der Waals surface area contributed by atoms with Gasteiger partial charge in [0, 0.05) is 18.9 Å². The number of carbonyl (C=O) groups excluding carboxylic acids is 2. The molecule has 1 spiro atoms. The van der Waals surface area contributed by atoms with Crippen molar-refractivity contribution in [1.29, 1.82) is 0 Å². The number of ether oxygens (including phenoxy) is 4. The van der Waals surface area contributed by atoms with Gasteiger partial charge in [-0.25, -0.2) is 9.59 Å². The molecule has 1 N–H and O–H groups in total. The molecule has 0 bridgehead atoms. The number of methoxy groups -OCH3 is 1. The predicted molar refractivity (Wildman–Crippen MR) is 91.9 cm³/mol. The van der Waals surface area contributed by atoms with Gasteiger partial charge in [-0.1, -0.05) is 35.9 Å². The molecule has 1 amide bonds. The fraction of sp³-hybridized carbons (Fsp3) is 0.474. The van der Waals surface area contributed by atoms with E-state index in [4.69, 9.17) is 14.2 Å². The molecule has 7 nitrogen and oxygen atoms in total. The zero-order valence-corrected chi connectivity index (χ0v) is 14.7. The normalized spacial score (nSPS) is 25.0. The van der Waals surface area contributed by atoms with Crippen LogP contribution in [0.1, 0.15) is 31.2 Å². The number of alkyl carbamates (subject to hydrolysis) is 1. The highest BCUT2D eigenvalue weighted by Crippen LogP contribution is 2.39. The summed E-state index contributed by atoms with van der Waals surface area (Å²) >= 11 is 0. The van der Waals surface area contributed by atoms with Gasteiger partial charge in [-0.05, 0) is 18.4 Å². The van der Waals surface area contributed by atoms with Crippen LogP contribution in [0.25, 0.3) is 0 Å². The molecule has 2 aliphatic rings. The topological polar surface area (TPSA) is 83.1 Å². The van der Waals surface area contributed by atoms with E-state index in [2.05, 4.69) is 10.1 Å². The summed E-state index contributed by atoms with van der Waals surface area (Å²) in [6.07, 6.45) is 3.10. The third-order valence-electron chi connectivity index (χ3n) is 4.52. The van der Waals surface area contributed by atoms with Crippen molar-refractivity contribution in [3.8, 4) is 0 Å². The van der Waals surface area contributed by atoms with E-state index >= 15 is 0 Å². The first kappa shape index (κ1) is 18.4. The fourth-order valence-electron chi connectivity index (χ4n) is 3.11. The lowest BCUT2D eigenvalue weighted by atomic mass is 9.89. The average molecular weight is 361 g/mol. The SMILES string of the molecule is COC(=O)C=C1CCC2(CC1)OCC(NC(=O)OCc1ccccc1)O2. The molecule has 1 aliphatic heterocycles. The molecule has 0 radical (unpaired) electrons. The first-order valence-electron chi connectivity index (χ1n) is 8.65. The maximum absolute atomic E-state index is 11.9. The van der Waals surface area contributed by atoms with Crippen molar-refractivity contribution in [1.82, 2.24) is 5.32 Å². The van der Waals surface area contributed by atoms with Gasteiger partial charge >= 0.3 is 12.1 Å². The van der Waals surface area contributed by atoms with Gasteiger partial charge in [0.05, 0.1) is 13.7 Å². The highest BCUT2D eigenvalue weighted by Gasteiger charge is 2.43. The summed E-state index contributed by atoms with van der Waals surface area (Å²) in [7, 11) is 1.36. The van der Waals surface area contributed by atoms with E-state index in [1.165, 1.54) is 13.2 Å². The summed E-state index contributed by atoms with van der Waals surface area (Å²) in [5.74, 6) is -1.05. The van der Waals surface area contributed by atoms with Gasteiger partial charge in [-0.2, -0.15) is 0 Å². The maximum Gasteiger partial charge on any atom is 0.409 e. The first-order valence-corrected chi connectivity index (χ1v) is 8.65. The minimum Gasteiger partial charge on any atom is -0.466 e. The molecule has 1 aliphatic carbocycles. The Morgan fingerprint density at radius 3 is 2.69 bits per heavy atom. The number of hydrogen-bond donors (Lipinski definition) is 1. The Labute approximate surface area is 152 Å². The van der Waals surface area contributed by atoms with Crippen LogP contribution in [0.4, 0.5) is 4.79 Å². The molecule has 0 aromatic heterocycles. The summed E-state index contributed by atoms with van der Waals surface area (Å²) in [5.41, 5.74) is 1.94. The maximum atomic E-state index is 11.9. The van der Waals surface area contributed by atoms with Gasteiger partial charge in [0.25, 0.3) is 0 Å². The molecule has 1 saturated heterocycles. The molecular formula is C19H23NO6. The molecule has 1 heterocycles. The van der Waals surface area contributed by atoms with Crippen molar-refractivity contribution in [2.45, 2.75) is 44.3 Å². The zero-order chi connectivity index (χ0) is 18.4. The largest absolute Gasteiger partial charge is 0.466 e. The van der Waals surface area contributed by atoms with E-state index in [1.54, 1.807) is 0 Å². The second kappa shape index (κ2) is 8.33. The lowest BCUT2D eigenvalue weighted by molar-refractivity contribution is -0.184. The Hall–Kier alpha value is -2.38. The Bertz CT molecular complexity index is 662. The van der Waals surface area contributed by atoms with Gasteiger partial charge in [0.15, 0.2) is 12.0 Å². The molecule has 1 atom stereocenters. The van der Waals surface area contributed by atoms with E-state index in [-0.39, 0.29) is 19.2 Å². The molecule has 1 aromatic carbocycles. The summed E-state index contributed by atoms with van der Waals surface area (Å²) in [4.78, 5) is 23.2. The summed E-state index contributed by atoms with van der Waals surface area (Å²) in [6.45, 7) is 0.476. The Balaban J connectivity index is 1.43. The van der Waals surface area contributed by atoms with Gasteiger partial charge in [-0.3, -0.25) is 5.32 Å². The van der Waals surface area contributed by atoms with Crippen LogP contribution in [0, 0.1) is 0 Å². The standard InChI is InChI=1S/C19H23NO6/c1-23-17(21)11-14-7-9-19(10-8-14)25-13-16(26-19)20-18(22)24-12-15-5-3-2-4-6-15/h2-6,11,16H,7-10,12-13H2,1H3,(H,20,22). The highest BCUT2D eigenvalue weighted by molar-refractivity contribution is 5.82. The van der Waals surface area contributed by atoms with Crippen LogP contribution in [0.15, 0.2) is 42.0 Å². The molecule has 1 saturated carbocycles. The van der Waals surface area contributed by atoms with E-state index in [1.807, 2.05) is 30.3 Å². The molecular weight excluding hydrogens is 338 g/mol. The minimum absolute atomic E-state index is 0.201. The van der Waals surface area contributed by atoms with Crippen LogP contribution in [0.3, 0.4) is 0 Å². The number of rotatable bonds is 4. The number of amides is 1. The Morgan fingerprint density at radius 2 is 2.00 bits per heavy atom. The third kappa shape index (κ3) is 4.83. The number of hydrogen-bond acceptors (Lipinski definition) is 6. The first-order chi connectivity index (χ1) is 12.6. The lowest BCUT2D eigenvalue weighted by Crippen LogP contribution is -2.40. The zero-order valence-electron chi connectivity index (χ0n) is 14.7. The van der Waals surface area contributed by atoms with Crippen molar-refractivity contribution in [2.75, 3.05) is 13.7 Å². The van der Waals surface area contributed by atoms with Gasteiger partial charge in [0.2, 0.25) is 0 Å². The van der Waals surface area contributed by atoms with Crippen molar-refractivity contribution >= 4 is 12.1 Å². The van der Waals surface area contributed by atoms with Crippen molar-refractivity contribution < 1.29 is 28.5 Å². The van der Waals surface area contributed by atoms with Crippen LogP contribution in [-0.4, -0.2) is 37.8 Å². The van der Waals surface area contributed by atoms with Gasteiger partial charge in [-0.15, -0.1) is 0 Å². The molecule has 7 heteroatoms. The molecule has 1 unspecified atom stereocenters. The van der Waals surface area contributed by atoms with Crippen LogP contribution in [0.2, 0.25) is 0 Å². The van der Waals surface area contributed by atoms with Crippen LogP contribution in [0.5, 0.6) is 0 Å². The molecule has 2 fully saturated rings. The molecule has 1 aromatic rings. The van der Waals surface area contributed by atoms with Crippen molar-refractivity contribution in [2.24, 2.45) is 0 Å². The molecule has 3 rings (SSSR count). The quantitative estimate of drug-likeness (QED) is 0.656. The second-order valence-electron chi connectivity index (χ2n) is 6.36. The molecule has 140 valence electrons. The Kier molecular flexibility index (Phi) is 5.90. The number of carbonyl (C=O) groups is 2. The number of benzene rings is 1. The van der Waals surface area contributed by atoms with Gasteiger partial charge in [0.1, 0.15) is 6.61 Å². The molecule has 26 heavy (non-hydrogen) atoms. The summed E-state index contributed by atoms with van der Waals surface area (Å²) < 4.78 is 21.6. The smallest absolute Gasteiger partial charge is 0.409 e. The number of allylic oxidation sites excluding steroid dienone is 1. The van der Waals surface area contributed by atoms with Crippen LogP contribution >= 0.6 is 0 Å². The Morgan fingerprint density at radius 1 is 1.27 bits per heavy atom. The second-order valence-corrected chi connectivity index (χ2v) is 6.36. The van der Waals surface area contributed by atoms with E-state index in [0.717, 1.165) is 11.1 Å². The number of nitrogens with one attached hydrogen (secondary N) is 1. The summed E-state index contributed by atoms with van der Waals surface area (Å²) in [6, 6.07) is 9.46. The van der Waals surface area contributed by atoms with Gasteiger partial charge < -0.3 is 18.9 Å². The summed E-state index contributed by atoms with van der Waals surface area (Å²) in [5, 5.41) is 2.68.